The van der Waals surface area contributed by atoms with Gasteiger partial charge >= 0.3 is 0 Å². The molecule has 0 saturated carbocycles. The minimum absolute atomic E-state index is 0.611. The summed E-state index contributed by atoms with van der Waals surface area (Å²) in [5.41, 5.74) is 7.54. The minimum Gasteiger partial charge on any atom is -0.399 e. The Morgan fingerprint density at radius 3 is 2.85 bits per heavy atom. The lowest BCUT2D eigenvalue weighted by molar-refractivity contribution is 1.05. The third kappa shape index (κ3) is 2.52. The van der Waals surface area contributed by atoms with Crippen LogP contribution < -0.4 is 10.6 Å². The van der Waals surface area contributed by atoms with Gasteiger partial charge in [0, 0.05) is 16.3 Å². The van der Waals surface area contributed by atoms with Crippen molar-refractivity contribution in [1.82, 2.24) is 0 Å². The van der Waals surface area contributed by atoms with Crippen molar-refractivity contribution in [3.8, 4) is 12.3 Å². The molecule has 0 amide bonds. The van der Waals surface area contributed by atoms with E-state index in [1.807, 2.05) is 30.1 Å². The van der Waals surface area contributed by atoms with Crippen molar-refractivity contribution in [2.24, 2.45) is 0 Å². The summed E-state index contributed by atoms with van der Waals surface area (Å²) in [5.74, 6) is 2.60. The molecule has 0 aromatic heterocycles. The molecule has 68 valence electrons. The quantitative estimate of drug-likeness (QED) is 0.511. The number of nitrogens with two attached hydrogens (primary N) is 1. The van der Waals surface area contributed by atoms with E-state index in [-0.39, 0.29) is 0 Å². The van der Waals surface area contributed by atoms with Gasteiger partial charge in [0.25, 0.3) is 0 Å². The molecule has 1 aromatic carbocycles. The van der Waals surface area contributed by atoms with Crippen LogP contribution in [0.25, 0.3) is 0 Å². The molecule has 0 saturated heterocycles. The Labute approximate surface area is 92.3 Å². The fourth-order valence-corrected chi connectivity index (χ4v) is 2.01. The van der Waals surface area contributed by atoms with Crippen molar-refractivity contribution in [3.05, 3.63) is 21.8 Å². The predicted octanol–water partition coefficient (Wildman–Crippen LogP) is 1.94. The lowest BCUT2D eigenvalue weighted by Gasteiger charge is -2.17. The second kappa shape index (κ2) is 4.38. The van der Waals surface area contributed by atoms with Crippen LogP contribution in [0.4, 0.5) is 11.4 Å². The molecule has 1 aromatic rings. The van der Waals surface area contributed by atoms with Gasteiger partial charge in [-0.1, -0.05) is 5.92 Å². The van der Waals surface area contributed by atoms with Crippen LogP contribution in [0, 0.1) is 15.9 Å². The molecule has 2 N–H and O–H groups in total. The smallest absolute Gasteiger partial charge is 0.0788 e. The van der Waals surface area contributed by atoms with Gasteiger partial charge in [-0.3, -0.25) is 0 Å². The highest BCUT2D eigenvalue weighted by Gasteiger charge is 2.03. The first-order valence-electron chi connectivity index (χ1n) is 3.84. The van der Waals surface area contributed by atoms with E-state index in [1.165, 1.54) is 0 Å². The maximum Gasteiger partial charge on any atom is 0.0788 e. The fourth-order valence-electron chi connectivity index (χ4n) is 1.05. The summed E-state index contributed by atoms with van der Waals surface area (Å²) in [7, 11) is 1.97. The first-order chi connectivity index (χ1) is 6.15. The van der Waals surface area contributed by atoms with Crippen LogP contribution in [0.2, 0.25) is 0 Å². The van der Waals surface area contributed by atoms with Gasteiger partial charge in [0.05, 0.1) is 12.2 Å². The summed E-state index contributed by atoms with van der Waals surface area (Å²) in [6.07, 6.45) is 5.23. The molecule has 0 spiro atoms. The second-order valence-electron chi connectivity index (χ2n) is 2.77. The van der Waals surface area contributed by atoms with Crippen LogP contribution in [0.1, 0.15) is 0 Å². The first kappa shape index (κ1) is 10.2. The van der Waals surface area contributed by atoms with Crippen LogP contribution in [0.3, 0.4) is 0 Å². The lowest BCUT2D eigenvalue weighted by atomic mass is 10.2. The van der Waals surface area contributed by atoms with Gasteiger partial charge in [-0.05, 0) is 40.8 Å². The average molecular weight is 286 g/mol. The van der Waals surface area contributed by atoms with E-state index in [9.17, 15) is 0 Å². The van der Waals surface area contributed by atoms with E-state index in [1.54, 1.807) is 0 Å². The van der Waals surface area contributed by atoms with Gasteiger partial charge < -0.3 is 10.6 Å². The number of rotatable bonds is 2. The largest absolute Gasteiger partial charge is 0.399 e. The van der Waals surface area contributed by atoms with Gasteiger partial charge in [-0.2, -0.15) is 0 Å². The summed E-state index contributed by atoms with van der Waals surface area (Å²) >= 11 is 2.25. The van der Waals surface area contributed by atoms with Crippen molar-refractivity contribution in [2.45, 2.75) is 0 Å². The SMILES string of the molecule is C#CCN(C)c1ccc(N)cc1I. The summed E-state index contributed by atoms with van der Waals surface area (Å²) in [4.78, 5) is 2.02. The molecule has 0 aliphatic rings. The molecule has 1 rings (SSSR count). The third-order valence-corrected chi connectivity index (χ3v) is 2.58. The van der Waals surface area contributed by atoms with Crippen molar-refractivity contribution in [2.75, 3.05) is 24.2 Å². The van der Waals surface area contributed by atoms with Crippen molar-refractivity contribution >= 4 is 34.0 Å². The van der Waals surface area contributed by atoms with Crippen LogP contribution in [0.5, 0.6) is 0 Å². The fraction of sp³-hybridized carbons (Fsp3) is 0.200. The number of nitrogen functional groups attached to an aromatic ring is 1. The van der Waals surface area contributed by atoms with Crippen molar-refractivity contribution in [3.63, 3.8) is 0 Å². The Morgan fingerprint density at radius 2 is 2.31 bits per heavy atom. The number of hydrogen-bond donors (Lipinski definition) is 1. The molecule has 0 heterocycles. The first-order valence-corrected chi connectivity index (χ1v) is 4.92. The minimum atomic E-state index is 0.611. The standard InChI is InChI=1S/C10H11IN2/c1-3-6-13(2)10-5-4-8(12)7-9(10)11/h1,4-5,7H,6,12H2,2H3. The monoisotopic (exact) mass is 286 g/mol. The van der Waals surface area contributed by atoms with Gasteiger partial charge in [0.1, 0.15) is 0 Å². The van der Waals surface area contributed by atoms with Gasteiger partial charge in [-0.25, -0.2) is 0 Å². The van der Waals surface area contributed by atoms with E-state index in [0.717, 1.165) is 14.9 Å². The number of benzene rings is 1. The Hall–Kier alpha value is -0.890. The predicted molar refractivity (Wildman–Crippen MR) is 65.7 cm³/mol. The lowest BCUT2D eigenvalue weighted by Crippen LogP contribution is -2.18. The molecule has 3 heteroatoms. The van der Waals surface area contributed by atoms with E-state index >= 15 is 0 Å². The molecular formula is C10H11IN2. The molecule has 0 unspecified atom stereocenters. The highest BCUT2D eigenvalue weighted by atomic mass is 127. The third-order valence-electron chi connectivity index (χ3n) is 1.71. The molecule has 0 aliphatic heterocycles. The zero-order chi connectivity index (χ0) is 9.84. The van der Waals surface area contributed by atoms with Gasteiger partial charge in [0.15, 0.2) is 0 Å². The van der Waals surface area contributed by atoms with Crippen LogP contribution >= 0.6 is 22.6 Å². The molecule has 0 aliphatic carbocycles. The highest BCUT2D eigenvalue weighted by molar-refractivity contribution is 14.1. The zero-order valence-corrected chi connectivity index (χ0v) is 9.58. The maximum absolute atomic E-state index is 5.64. The summed E-state index contributed by atoms with van der Waals surface area (Å²) in [6.45, 7) is 0.611. The molecule has 2 nitrogen and oxygen atoms in total. The highest BCUT2D eigenvalue weighted by Crippen LogP contribution is 2.23. The molecule has 0 fully saturated rings. The summed E-state index contributed by atoms with van der Waals surface area (Å²) < 4.78 is 1.12. The van der Waals surface area contributed by atoms with E-state index in [0.29, 0.717) is 6.54 Å². The summed E-state index contributed by atoms with van der Waals surface area (Å²) in [6, 6.07) is 5.79. The normalized spacial score (nSPS) is 9.31. The van der Waals surface area contributed by atoms with E-state index in [4.69, 9.17) is 12.2 Å². The Morgan fingerprint density at radius 1 is 1.62 bits per heavy atom. The number of terminal acetylenes is 1. The number of anilines is 2. The number of hydrogen-bond acceptors (Lipinski definition) is 2. The zero-order valence-electron chi connectivity index (χ0n) is 7.42. The van der Waals surface area contributed by atoms with E-state index in [2.05, 4.69) is 28.5 Å². The molecule has 13 heavy (non-hydrogen) atoms. The Bertz CT molecular complexity index is 341. The topological polar surface area (TPSA) is 29.3 Å². The molecule has 0 atom stereocenters. The maximum atomic E-state index is 5.64. The number of nitrogens with zero attached hydrogens (tertiary/aromatic N) is 1. The van der Waals surface area contributed by atoms with Crippen LogP contribution in [0.15, 0.2) is 18.2 Å². The van der Waals surface area contributed by atoms with Crippen LogP contribution in [-0.4, -0.2) is 13.6 Å². The van der Waals surface area contributed by atoms with Gasteiger partial charge in [-0.15, -0.1) is 6.42 Å². The molecule has 0 radical (unpaired) electrons. The molecule has 0 bridgehead atoms. The van der Waals surface area contributed by atoms with E-state index < -0.39 is 0 Å². The van der Waals surface area contributed by atoms with Crippen LogP contribution in [-0.2, 0) is 0 Å². The van der Waals surface area contributed by atoms with Gasteiger partial charge in [0.2, 0.25) is 0 Å². The van der Waals surface area contributed by atoms with Crippen molar-refractivity contribution in [1.29, 1.82) is 0 Å². The number of halogens is 1. The van der Waals surface area contributed by atoms with Crippen molar-refractivity contribution < 1.29 is 0 Å². The molecular weight excluding hydrogens is 275 g/mol. The summed E-state index contributed by atoms with van der Waals surface area (Å²) in [5, 5.41) is 0. The average Bonchev–Trinajstić information content (AvgIpc) is 2.04. The Kier molecular flexibility index (Phi) is 3.43. The second-order valence-corrected chi connectivity index (χ2v) is 3.93. The Balaban J connectivity index is 2.96.